The lowest BCUT2D eigenvalue weighted by Crippen LogP contribution is -2.27. The molecule has 0 saturated carbocycles. The fraction of sp³-hybridized carbons (Fsp3) is 0.357. The number of aliphatic hydroxyl groups is 1. The summed E-state index contributed by atoms with van der Waals surface area (Å²) < 4.78 is 3.85. The highest BCUT2D eigenvalue weighted by Crippen LogP contribution is 2.34. The summed E-state index contributed by atoms with van der Waals surface area (Å²) in [5.41, 5.74) is 0.608. The zero-order valence-corrected chi connectivity index (χ0v) is 14.6. The van der Waals surface area contributed by atoms with Gasteiger partial charge in [-0.25, -0.2) is 0 Å². The van der Waals surface area contributed by atoms with Crippen molar-refractivity contribution in [3.05, 3.63) is 49.8 Å². The molecular formula is C14H16BrIN2O. The van der Waals surface area contributed by atoms with E-state index in [0.29, 0.717) is 0 Å². The number of hydrogen-bond donors (Lipinski definition) is 1. The van der Waals surface area contributed by atoms with Crippen molar-refractivity contribution in [1.29, 1.82) is 0 Å². The van der Waals surface area contributed by atoms with Gasteiger partial charge in [-0.05, 0) is 69.6 Å². The van der Waals surface area contributed by atoms with Crippen LogP contribution in [0.15, 0.2) is 34.9 Å². The number of benzene rings is 1. The minimum atomic E-state index is -1.06. The Hall–Kier alpha value is -0.400. The van der Waals surface area contributed by atoms with Gasteiger partial charge in [-0.3, -0.25) is 4.68 Å². The maximum absolute atomic E-state index is 10.9. The van der Waals surface area contributed by atoms with Crippen molar-refractivity contribution in [3.63, 3.8) is 0 Å². The van der Waals surface area contributed by atoms with E-state index in [9.17, 15) is 5.11 Å². The number of aromatic nitrogens is 2. The molecule has 1 aromatic carbocycles. The van der Waals surface area contributed by atoms with Crippen LogP contribution < -0.4 is 0 Å². The van der Waals surface area contributed by atoms with Gasteiger partial charge in [-0.1, -0.05) is 19.1 Å². The van der Waals surface area contributed by atoms with Crippen molar-refractivity contribution < 1.29 is 5.11 Å². The standard InChI is InChI=1S/C14H16BrIN2O/c1-3-8-18-13(12(15)9-17-18)14(2,19)10-4-6-11(16)7-5-10/h4-7,9,19H,3,8H2,1-2H3. The zero-order valence-electron chi connectivity index (χ0n) is 10.9. The molecule has 0 spiro atoms. The molecule has 102 valence electrons. The minimum absolute atomic E-state index is 0.793. The Morgan fingerprint density at radius 3 is 2.58 bits per heavy atom. The van der Waals surface area contributed by atoms with E-state index in [1.807, 2.05) is 35.9 Å². The van der Waals surface area contributed by atoms with E-state index < -0.39 is 5.60 Å². The molecule has 0 aliphatic rings. The summed E-state index contributed by atoms with van der Waals surface area (Å²) in [5.74, 6) is 0. The Labute approximate surface area is 135 Å². The van der Waals surface area contributed by atoms with Crippen LogP contribution in [0.2, 0.25) is 0 Å². The fourth-order valence-corrected chi connectivity index (χ4v) is 3.18. The maximum Gasteiger partial charge on any atom is 0.129 e. The van der Waals surface area contributed by atoms with Crippen molar-refractivity contribution >= 4 is 38.5 Å². The first kappa shape index (κ1) is 15.0. The number of rotatable bonds is 4. The lowest BCUT2D eigenvalue weighted by Gasteiger charge is -2.25. The lowest BCUT2D eigenvalue weighted by atomic mass is 9.92. The highest BCUT2D eigenvalue weighted by Gasteiger charge is 2.31. The second-order valence-electron chi connectivity index (χ2n) is 4.64. The van der Waals surface area contributed by atoms with Gasteiger partial charge in [0.15, 0.2) is 0 Å². The van der Waals surface area contributed by atoms with Gasteiger partial charge in [0.05, 0.1) is 16.4 Å². The average Bonchev–Trinajstić information content (AvgIpc) is 2.72. The highest BCUT2D eigenvalue weighted by atomic mass is 127. The Kier molecular flexibility index (Phi) is 4.68. The van der Waals surface area contributed by atoms with Crippen LogP contribution in [0.5, 0.6) is 0 Å². The first-order valence-corrected chi connectivity index (χ1v) is 8.04. The van der Waals surface area contributed by atoms with Crippen LogP contribution in [0.25, 0.3) is 0 Å². The molecule has 0 radical (unpaired) electrons. The summed E-state index contributed by atoms with van der Waals surface area (Å²) in [5, 5.41) is 15.3. The number of nitrogens with zero attached hydrogens (tertiary/aromatic N) is 2. The van der Waals surface area contributed by atoms with Gasteiger partial charge in [0.1, 0.15) is 5.60 Å². The number of halogens is 2. The van der Waals surface area contributed by atoms with Crippen molar-refractivity contribution in [2.24, 2.45) is 0 Å². The molecule has 1 heterocycles. The van der Waals surface area contributed by atoms with E-state index in [0.717, 1.165) is 32.3 Å². The minimum Gasteiger partial charge on any atom is -0.379 e. The normalized spacial score (nSPS) is 14.4. The van der Waals surface area contributed by atoms with Crippen LogP contribution in [0, 0.1) is 3.57 Å². The molecule has 0 bridgehead atoms. The van der Waals surface area contributed by atoms with Gasteiger partial charge < -0.3 is 5.11 Å². The Balaban J connectivity index is 2.49. The molecule has 0 amide bonds. The summed E-state index contributed by atoms with van der Waals surface area (Å²) in [4.78, 5) is 0. The summed E-state index contributed by atoms with van der Waals surface area (Å²) >= 11 is 5.75. The van der Waals surface area contributed by atoms with Gasteiger partial charge in [0.25, 0.3) is 0 Å². The molecule has 1 unspecified atom stereocenters. The van der Waals surface area contributed by atoms with Crippen LogP contribution in [-0.2, 0) is 12.1 Å². The topological polar surface area (TPSA) is 38.0 Å². The quantitative estimate of drug-likeness (QED) is 0.740. The molecule has 1 aromatic heterocycles. The van der Waals surface area contributed by atoms with Gasteiger partial charge in [0, 0.05) is 10.1 Å². The number of hydrogen-bond acceptors (Lipinski definition) is 2. The molecule has 19 heavy (non-hydrogen) atoms. The maximum atomic E-state index is 10.9. The summed E-state index contributed by atoms with van der Waals surface area (Å²) in [6, 6.07) is 7.91. The smallest absolute Gasteiger partial charge is 0.129 e. The predicted molar refractivity (Wildman–Crippen MR) is 88.0 cm³/mol. The Morgan fingerprint density at radius 2 is 2.00 bits per heavy atom. The van der Waals surface area contributed by atoms with E-state index in [-0.39, 0.29) is 0 Å². The lowest BCUT2D eigenvalue weighted by molar-refractivity contribution is 0.0906. The molecule has 2 aromatic rings. The highest BCUT2D eigenvalue weighted by molar-refractivity contribution is 14.1. The van der Waals surface area contributed by atoms with Gasteiger partial charge in [-0.2, -0.15) is 5.10 Å². The Morgan fingerprint density at radius 1 is 1.37 bits per heavy atom. The largest absolute Gasteiger partial charge is 0.379 e. The summed E-state index contributed by atoms with van der Waals surface area (Å²) in [6.07, 6.45) is 2.72. The summed E-state index contributed by atoms with van der Waals surface area (Å²) in [7, 11) is 0. The van der Waals surface area contributed by atoms with E-state index in [1.54, 1.807) is 6.20 Å². The van der Waals surface area contributed by atoms with E-state index in [2.05, 4.69) is 50.5 Å². The molecule has 0 fully saturated rings. The molecule has 1 atom stereocenters. The van der Waals surface area contributed by atoms with Crippen LogP contribution in [0.1, 0.15) is 31.5 Å². The number of aryl methyl sites for hydroxylation is 1. The molecule has 0 aliphatic carbocycles. The second kappa shape index (κ2) is 5.93. The molecule has 3 nitrogen and oxygen atoms in total. The third-order valence-electron chi connectivity index (χ3n) is 3.10. The van der Waals surface area contributed by atoms with Gasteiger partial charge in [-0.15, -0.1) is 0 Å². The molecule has 0 saturated heterocycles. The fourth-order valence-electron chi connectivity index (χ4n) is 2.14. The van der Waals surface area contributed by atoms with Gasteiger partial charge in [0.2, 0.25) is 0 Å². The third-order valence-corrected chi connectivity index (χ3v) is 4.40. The molecular weight excluding hydrogens is 419 g/mol. The van der Waals surface area contributed by atoms with Gasteiger partial charge >= 0.3 is 0 Å². The van der Waals surface area contributed by atoms with E-state index in [1.165, 1.54) is 0 Å². The second-order valence-corrected chi connectivity index (χ2v) is 6.74. The SMILES string of the molecule is CCCn1ncc(Br)c1C(C)(O)c1ccc(I)cc1. The molecule has 5 heteroatoms. The van der Waals surface area contributed by atoms with Crippen molar-refractivity contribution in [1.82, 2.24) is 9.78 Å². The van der Waals surface area contributed by atoms with Crippen LogP contribution in [0.4, 0.5) is 0 Å². The van der Waals surface area contributed by atoms with Crippen molar-refractivity contribution in [3.8, 4) is 0 Å². The third kappa shape index (κ3) is 3.03. The average molecular weight is 435 g/mol. The van der Waals surface area contributed by atoms with E-state index >= 15 is 0 Å². The Bertz CT molecular complexity index is 563. The van der Waals surface area contributed by atoms with Crippen molar-refractivity contribution in [2.75, 3.05) is 0 Å². The summed E-state index contributed by atoms with van der Waals surface area (Å²) in [6.45, 7) is 4.70. The van der Waals surface area contributed by atoms with Crippen LogP contribution >= 0.6 is 38.5 Å². The first-order valence-electron chi connectivity index (χ1n) is 6.17. The predicted octanol–water partition coefficient (Wildman–Crippen LogP) is 3.92. The first-order chi connectivity index (χ1) is 8.96. The molecule has 2 rings (SSSR count). The zero-order chi connectivity index (χ0) is 14.0. The monoisotopic (exact) mass is 434 g/mol. The van der Waals surface area contributed by atoms with Crippen LogP contribution in [0.3, 0.4) is 0 Å². The van der Waals surface area contributed by atoms with Crippen LogP contribution in [-0.4, -0.2) is 14.9 Å². The molecule has 1 N–H and O–H groups in total. The van der Waals surface area contributed by atoms with E-state index in [4.69, 9.17) is 0 Å². The molecule has 0 aliphatic heterocycles. The van der Waals surface area contributed by atoms with Crippen molar-refractivity contribution in [2.45, 2.75) is 32.4 Å².